The Morgan fingerprint density at radius 3 is 1.11 bits per heavy atom. The summed E-state index contributed by atoms with van der Waals surface area (Å²) in [7, 11) is -3.77. The minimum Gasteiger partial charge on any atom is -0.166 e. The summed E-state index contributed by atoms with van der Waals surface area (Å²) in [5, 5.41) is -1.81. The lowest BCUT2D eigenvalue weighted by atomic mass is 10.1. The zero-order chi connectivity index (χ0) is 34.7. The van der Waals surface area contributed by atoms with E-state index in [1.165, 1.54) is 12.2 Å². The molecule has 1 aliphatic rings. The van der Waals surface area contributed by atoms with E-state index in [0.29, 0.717) is 24.3 Å². The van der Waals surface area contributed by atoms with E-state index in [9.17, 15) is 52.7 Å². The second-order valence-corrected chi connectivity index (χ2v) is 19.3. The predicted molar refractivity (Wildman–Crippen MR) is 156 cm³/mol. The van der Waals surface area contributed by atoms with Gasteiger partial charge in [-0.15, -0.1) is 0 Å². The Morgan fingerprint density at radius 1 is 0.533 bits per heavy atom. The van der Waals surface area contributed by atoms with Crippen molar-refractivity contribution in [1.82, 2.24) is 0 Å². The van der Waals surface area contributed by atoms with Gasteiger partial charge in [-0.3, -0.25) is 0 Å². The van der Waals surface area contributed by atoms with E-state index >= 15 is 0 Å². The van der Waals surface area contributed by atoms with E-state index in [1.807, 2.05) is 48.5 Å². The highest BCUT2D eigenvalue weighted by Gasteiger charge is 2.45. The summed E-state index contributed by atoms with van der Waals surface area (Å²) >= 11 is 0. The first kappa shape index (κ1) is 37.4. The lowest BCUT2D eigenvalue weighted by molar-refractivity contribution is -0.144. The maximum Gasteiger partial charge on any atom is 0.416 e. The van der Waals surface area contributed by atoms with Gasteiger partial charge in [0.05, 0.1) is 22.3 Å². The molecule has 45 heavy (non-hydrogen) atoms. The predicted octanol–water partition coefficient (Wildman–Crippen LogP) is 11.7. The van der Waals surface area contributed by atoms with Crippen molar-refractivity contribution in [2.24, 2.45) is 5.92 Å². The van der Waals surface area contributed by atoms with Gasteiger partial charge in [0.15, 0.2) is 0 Å². The first-order valence-corrected chi connectivity index (χ1v) is 16.3. The summed E-state index contributed by atoms with van der Waals surface area (Å²) in [4.78, 5) is 0. The highest BCUT2D eigenvalue weighted by atomic mass is 31.1. The van der Waals surface area contributed by atoms with E-state index in [4.69, 9.17) is 0 Å². The summed E-state index contributed by atoms with van der Waals surface area (Å²) in [6.45, 7) is 13.7. The molecule has 1 unspecified atom stereocenters. The number of halogens is 12. The second-order valence-electron chi connectivity index (χ2n) is 12.8. The van der Waals surface area contributed by atoms with Gasteiger partial charge in [-0.2, -0.15) is 52.7 Å². The van der Waals surface area contributed by atoms with Crippen molar-refractivity contribution < 1.29 is 52.7 Å². The molecule has 0 fully saturated rings. The largest absolute Gasteiger partial charge is 0.416 e. The van der Waals surface area contributed by atoms with Gasteiger partial charge in [0, 0.05) is 5.92 Å². The summed E-state index contributed by atoms with van der Waals surface area (Å²) in [5.74, 6) is -0.687. The van der Waals surface area contributed by atoms with Crippen LogP contribution in [0.25, 0.3) is 0 Å². The van der Waals surface area contributed by atoms with E-state index in [1.54, 1.807) is 6.08 Å². The smallest absolute Gasteiger partial charge is 0.166 e. The molecule has 0 aromatic heterocycles. The molecule has 0 aliphatic heterocycles. The van der Waals surface area contributed by atoms with Gasteiger partial charge in [0.2, 0.25) is 0 Å². The fourth-order valence-electron chi connectivity index (χ4n) is 6.09. The Bertz CT molecular complexity index is 1290. The van der Waals surface area contributed by atoms with Crippen LogP contribution in [0.4, 0.5) is 52.7 Å². The standard InChI is InChI=1S/C31H32F12P2/c1-17(45(26(2,3)4)27(5,6)7)24-9-8-10-25(24)44(22-13-18(28(32,33)34)11-19(14-22)29(35,36)37)23-15-20(30(38,39)40)12-21(16-23)31(41,42)43/h8-17,24H,1-7H3/t17-,24?/m0/s1. The quantitative estimate of drug-likeness (QED) is 0.216. The Kier molecular flexibility index (Phi) is 10.1. The minimum atomic E-state index is -5.29. The zero-order valence-electron chi connectivity index (χ0n) is 25.3. The average molecular weight is 695 g/mol. The molecule has 2 aromatic rings. The fourth-order valence-corrected chi connectivity index (χ4v) is 14.1. The number of hydrogen-bond acceptors (Lipinski definition) is 0. The molecule has 0 heterocycles. The van der Waals surface area contributed by atoms with Crippen LogP contribution in [0.1, 0.15) is 70.7 Å². The summed E-state index contributed by atoms with van der Waals surface area (Å²) < 4.78 is 167. The number of benzene rings is 2. The SMILES string of the molecule is C[C@@H](C1C=CC=C1P(c1cc(C(F)(F)F)cc(C(F)(F)F)c1)c1cc(C(F)(F)F)cc(C(F)(F)F)c1)P(C(C)(C)C)C(C)(C)C. The molecule has 2 atom stereocenters. The number of allylic oxidation sites excluding steroid dienone is 4. The lowest BCUT2D eigenvalue weighted by Gasteiger charge is -2.48. The van der Waals surface area contributed by atoms with E-state index in [2.05, 4.69) is 0 Å². The highest BCUT2D eigenvalue weighted by molar-refractivity contribution is 7.77. The molecule has 14 heteroatoms. The van der Waals surface area contributed by atoms with Crippen molar-refractivity contribution in [2.45, 2.75) is 89.1 Å². The second kappa shape index (κ2) is 12.2. The molecule has 0 saturated carbocycles. The van der Waals surface area contributed by atoms with Crippen LogP contribution in [0.2, 0.25) is 0 Å². The Morgan fingerprint density at radius 2 is 0.844 bits per heavy atom. The molecular formula is C31H32F12P2. The Labute approximate surface area is 256 Å². The van der Waals surface area contributed by atoms with Crippen molar-refractivity contribution in [3.8, 4) is 0 Å². The van der Waals surface area contributed by atoms with Crippen LogP contribution < -0.4 is 10.6 Å². The minimum absolute atomic E-state index is 0.121. The molecule has 250 valence electrons. The maximum absolute atomic E-state index is 13.9. The van der Waals surface area contributed by atoms with Crippen molar-refractivity contribution in [3.05, 3.63) is 82.2 Å². The molecule has 0 nitrogen and oxygen atoms in total. The molecule has 0 bridgehead atoms. The topological polar surface area (TPSA) is 0 Å². The van der Waals surface area contributed by atoms with Gasteiger partial charge >= 0.3 is 24.7 Å². The van der Waals surface area contributed by atoms with Crippen LogP contribution in [0.5, 0.6) is 0 Å². The van der Waals surface area contributed by atoms with Crippen LogP contribution in [0, 0.1) is 5.92 Å². The Balaban J connectivity index is 2.45. The van der Waals surface area contributed by atoms with Gasteiger partial charge in [0.25, 0.3) is 0 Å². The van der Waals surface area contributed by atoms with Gasteiger partial charge in [-0.05, 0) is 76.2 Å². The zero-order valence-corrected chi connectivity index (χ0v) is 27.1. The molecule has 0 spiro atoms. The molecule has 0 radical (unpaired) electrons. The van der Waals surface area contributed by atoms with Crippen LogP contribution in [0.15, 0.2) is 59.9 Å². The molecule has 0 saturated heterocycles. The lowest BCUT2D eigenvalue weighted by Crippen LogP contribution is -2.34. The molecule has 1 aliphatic carbocycles. The van der Waals surface area contributed by atoms with Crippen LogP contribution in [-0.4, -0.2) is 16.0 Å². The van der Waals surface area contributed by atoms with Gasteiger partial charge in [0.1, 0.15) is 0 Å². The third-order valence-corrected chi connectivity index (χ3v) is 13.8. The molecule has 2 aromatic carbocycles. The highest BCUT2D eigenvalue weighted by Crippen LogP contribution is 2.67. The first-order chi connectivity index (χ1) is 20.0. The van der Waals surface area contributed by atoms with E-state index in [0.717, 1.165) is 0 Å². The van der Waals surface area contributed by atoms with Crippen LogP contribution in [-0.2, 0) is 24.7 Å². The van der Waals surface area contributed by atoms with E-state index in [-0.39, 0.29) is 33.4 Å². The van der Waals surface area contributed by atoms with Gasteiger partial charge < -0.3 is 0 Å². The fraction of sp³-hybridized carbons (Fsp3) is 0.484. The number of rotatable bonds is 5. The molecular weight excluding hydrogens is 662 g/mol. The monoisotopic (exact) mass is 694 g/mol. The Hall–Kier alpha value is -2.06. The summed E-state index contributed by atoms with van der Waals surface area (Å²) in [6, 6.07) is 1.34. The van der Waals surface area contributed by atoms with Crippen molar-refractivity contribution in [3.63, 3.8) is 0 Å². The van der Waals surface area contributed by atoms with Gasteiger partial charge in [-0.25, -0.2) is 0 Å². The van der Waals surface area contributed by atoms with Crippen molar-refractivity contribution in [2.75, 3.05) is 0 Å². The van der Waals surface area contributed by atoms with Crippen molar-refractivity contribution >= 4 is 26.5 Å². The van der Waals surface area contributed by atoms with Gasteiger partial charge in [-0.1, -0.05) is 74.6 Å². The normalized spacial score (nSPS) is 17.8. The molecule has 3 rings (SSSR count). The third-order valence-electron chi connectivity index (χ3n) is 7.22. The van der Waals surface area contributed by atoms with Crippen LogP contribution >= 0.6 is 15.8 Å². The summed E-state index contributed by atoms with van der Waals surface area (Å²) in [6.07, 6.45) is -16.6. The number of alkyl halides is 12. The van der Waals surface area contributed by atoms with Crippen LogP contribution in [0.3, 0.4) is 0 Å². The molecule has 0 N–H and O–H groups in total. The number of hydrogen-bond donors (Lipinski definition) is 0. The average Bonchev–Trinajstić information content (AvgIpc) is 3.29. The summed E-state index contributed by atoms with van der Waals surface area (Å²) in [5.41, 5.74) is -7.18. The maximum atomic E-state index is 13.9. The third kappa shape index (κ3) is 8.65. The van der Waals surface area contributed by atoms with E-state index < -0.39 is 79.3 Å². The van der Waals surface area contributed by atoms with Crippen molar-refractivity contribution in [1.29, 1.82) is 0 Å². The molecule has 0 amide bonds. The first-order valence-electron chi connectivity index (χ1n) is 13.6.